The Balaban J connectivity index is 1.79. The molecule has 4 nitrogen and oxygen atoms in total. The summed E-state index contributed by atoms with van der Waals surface area (Å²) >= 11 is 0. The Morgan fingerprint density at radius 1 is 1.47 bits per heavy atom. The Morgan fingerprint density at radius 2 is 2.40 bits per heavy atom. The first kappa shape index (κ1) is 9.09. The van der Waals surface area contributed by atoms with Crippen LogP contribution in [0.25, 0.3) is 0 Å². The largest absolute Gasteiger partial charge is 0.350 e. The van der Waals surface area contributed by atoms with Crippen molar-refractivity contribution in [3.8, 4) is 0 Å². The predicted octanol–water partition coefficient (Wildman–Crippen LogP) is 0.583. The second-order valence-electron chi connectivity index (χ2n) is 4.49. The average molecular weight is 204 g/mol. The summed E-state index contributed by atoms with van der Waals surface area (Å²) in [5, 5.41) is 3.44. The second kappa shape index (κ2) is 3.45. The van der Waals surface area contributed by atoms with Gasteiger partial charge in [-0.05, 0) is 25.8 Å². The molecule has 2 saturated heterocycles. The molecule has 1 N–H and O–H groups in total. The maximum absolute atomic E-state index is 4.52. The Kier molecular flexibility index (Phi) is 2.09. The highest BCUT2D eigenvalue weighted by atomic mass is 15.3. The SMILES string of the molecule is Cc1cncc(N2CC3CCNCC32)n1. The number of aromatic nitrogens is 2. The first-order chi connectivity index (χ1) is 7.34. The van der Waals surface area contributed by atoms with Crippen LogP contribution >= 0.6 is 0 Å². The molecule has 80 valence electrons. The van der Waals surface area contributed by atoms with Gasteiger partial charge in [-0.2, -0.15) is 0 Å². The normalized spacial score (nSPS) is 29.5. The monoisotopic (exact) mass is 204 g/mol. The van der Waals surface area contributed by atoms with E-state index >= 15 is 0 Å². The molecule has 1 aromatic heterocycles. The molecule has 0 spiro atoms. The number of nitrogens with one attached hydrogen (secondary N) is 1. The van der Waals surface area contributed by atoms with Gasteiger partial charge in [0.2, 0.25) is 0 Å². The van der Waals surface area contributed by atoms with Gasteiger partial charge in [-0.25, -0.2) is 4.98 Å². The Bertz CT molecular complexity index is 365. The van der Waals surface area contributed by atoms with E-state index in [0.717, 1.165) is 30.5 Å². The molecule has 2 aliphatic rings. The minimum atomic E-state index is 0.648. The zero-order valence-corrected chi connectivity index (χ0v) is 8.98. The van der Waals surface area contributed by atoms with Crippen LogP contribution < -0.4 is 10.2 Å². The lowest BCUT2D eigenvalue weighted by atomic mass is 9.83. The Labute approximate surface area is 89.7 Å². The van der Waals surface area contributed by atoms with Gasteiger partial charge in [0.15, 0.2) is 0 Å². The molecular formula is C11H16N4. The van der Waals surface area contributed by atoms with Crippen LogP contribution in [0.15, 0.2) is 12.4 Å². The summed E-state index contributed by atoms with van der Waals surface area (Å²) in [7, 11) is 0. The predicted molar refractivity (Wildman–Crippen MR) is 58.9 cm³/mol. The van der Waals surface area contributed by atoms with E-state index in [9.17, 15) is 0 Å². The smallest absolute Gasteiger partial charge is 0.147 e. The molecule has 15 heavy (non-hydrogen) atoms. The number of nitrogens with zero attached hydrogens (tertiary/aromatic N) is 3. The van der Waals surface area contributed by atoms with Crippen molar-refractivity contribution >= 4 is 5.82 Å². The molecule has 0 aromatic carbocycles. The summed E-state index contributed by atoms with van der Waals surface area (Å²) in [5.74, 6) is 1.91. The van der Waals surface area contributed by atoms with E-state index in [4.69, 9.17) is 0 Å². The van der Waals surface area contributed by atoms with Gasteiger partial charge in [0.25, 0.3) is 0 Å². The van der Waals surface area contributed by atoms with Crippen LogP contribution in [0, 0.1) is 12.8 Å². The summed E-state index contributed by atoms with van der Waals surface area (Å²) in [6, 6.07) is 0.648. The lowest BCUT2D eigenvalue weighted by Crippen LogP contribution is -2.64. The van der Waals surface area contributed by atoms with Crippen LogP contribution in [0.4, 0.5) is 5.82 Å². The van der Waals surface area contributed by atoms with Gasteiger partial charge in [-0.3, -0.25) is 4.98 Å². The van der Waals surface area contributed by atoms with Crippen molar-refractivity contribution in [2.24, 2.45) is 5.92 Å². The van der Waals surface area contributed by atoms with Crippen LogP contribution in [-0.2, 0) is 0 Å². The Hall–Kier alpha value is -1.16. The third kappa shape index (κ3) is 1.49. The van der Waals surface area contributed by atoms with Crippen LogP contribution in [0.5, 0.6) is 0 Å². The van der Waals surface area contributed by atoms with Gasteiger partial charge in [0, 0.05) is 25.3 Å². The van der Waals surface area contributed by atoms with Gasteiger partial charge in [0.1, 0.15) is 5.82 Å². The average Bonchev–Trinajstić information content (AvgIpc) is 2.20. The van der Waals surface area contributed by atoms with E-state index in [1.54, 1.807) is 6.20 Å². The molecule has 0 saturated carbocycles. The van der Waals surface area contributed by atoms with Crippen LogP contribution in [0.3, 0.4) is 0 Å². The molecular weight excluding hydrogens is 188 g/mol. The first-order valence-corrected chi connectivity index (χ1v) is 5.60. The quantitative estimate of drug-likeness (QED) is 0.726. The Morgan fingerprint density at radius 3 is 3.20 bits per heavy atom. The lowest BCUT2D eigenvalue weighted by molar-refractivity contribution is 0.227. The standard InChI is InChI=1S/C11H16N4/c1-8-4-13-6-11(14-8)15-7-9-2-3-12-5-10(9)15/h4,6,9-10,12H,2-3,5,7H2,1H3. The highest BCUT2D eigenvalue weighted by molar-refractivity contribution is 5.43. The fraction of sp³-hybridized carbons (Fsp3) is 0.636. The lowest BCUT2D eigenvalue weighted by Gasteiger charge is -2.51. The van der Waals surface area contributed by atoms with Crippen molar-refractivity contribution in [1.82, 2.24) is 15.3 Å². The van der Waals surface area contributed by atoms with Crippen LogP contribution in [0.1, 0.15) is 12.1 Å². The molecule has 0 bridgehead atoms. The number of anilines is 1. The molecule has 1 aromatic rings. The van der Waals surface area contributed by atoms with Crippen molar-refractivity contribution in [1.29, 1.82) is 0 Å². The van der Waals surface area contributed by atoms with E-state index in [-0.39, 0.29) is 0 Å². The summed E-state index contributed by atoms with van der Waals surface area (Å²) in [4.78, 5) is 11.1. The molecule has 0 amide bonds. The second-order valence-corrected chi connectivity index (χ2v) is 4.49. The fourth-order valence-electron chi connectivity index (χ4n) is 2.58. The van der Waals surface area contributed by atoms with Crippen molar-refractivity contribution in [3.05, 3.63) is 18.1 Å². The van der Waals surface area contributed by atoms with Gasteiger partial charge >= 0.3 is 0 Å². The molecule has 2 atom stereocenters. The molecule has 3 heterocycles. The summed E-state index contributed by atoms with van der Waals surface area (Å²) in [5.41, 5.74) is 1.000. The van der Waals surface area contributed by atoms with E-state index in [2.05, 4.69) is 20.2 Å². The molecule has 0 radical (unpaired) electrons. The van der Waals surface area contributed by atoms with Gasteiger partial charge in [-0.15, -0.1) is 0 Å². The summed E-state index contributed by atoms with van der Waals surface area (Å²) in [6.07, 6.45) is 4.98. The van der Waals surface area contributed by atoms with Gasteiger partial charge in [-0.1, -0.05) is 0 Å². The van der Waals surface area contributed by atoms with Crippen LogP contribution in [0.2, 0.25) is 0 Å². The number of fused-ring (bicyclic) bond motifs is 1. The molecule has 3 rings (SSSR count). The number of rotatable bonds is 1. The van der Waals surface area contributed by atoms with E-state index in [0.29, 0.717) is 6.04 Å². The van der Waals surface area contributed by atoms with Gasteiger partial charge in [0.05, 0.1) is 11.9 Å². The van der Waals surface area contributed by atoms with E-state index in [1.807, 2.05) is 13.1 Å². The highest BCUT2D eigenvalue weighted by Gasteiger charge is 2.40. The highest BCUT2D eigenvalue weighted by Crippen LogP contribution is 2.32. The zero-order valence-electron chi connectivity index (χ0n) is 8.98. The molecule has 2 unspecified atom stereocenters. The number of hydrogen-bond acceptors (Lipinski definition) is 4. The molecule has 2 aliphatic heterocycles. The summed E-state index contributed by atoms with van der Waals surface area (Å²) in [6.45, 7) is 5.42. The van der Waals surface area contributed by atoms with Crippen molar-refractivity contribution < 1.29 is 0 Å². The topological polar surface area (TPSA) is 41.1 Å². The molecule has 2 fully saturated rings. The fourth-order valence-corrected chi connectivity index (χ4v) is 2.58. The van der Waals surface area contributed by atoms with Crippen molar-refractivity contribution in [2.45, 2.75) is 19.4 Å². The minimum Gasteiger partial charge on any atom is -0.350 e. The number of hydrogen-bond donors (Lipinski definition) is 1. The maximum atomic E-state index is 4.52. The van der Waals surface area contributed by atoms with E-state index in [1.165, 1.54) is 13.0 Å². The third-order valence-electron chi connectivity index (χ3n) is 3.46. The van der Waals surface area contributed by atoms with E-state index < -0.39 is 0 Å². The van der Waals surface area contributed by atoms with Crippen molar-refractivity contribution in [2.75, 3.05) is 24.5 Å². The zero-order chi connectivity index (χ0) is 10.3. The number of piperidine rings is 1. The third-order valence-corrected chi connectivity index (χ3v) is 3.46. The van der Waals surface area contributed by atoms with Gasteiger partial charge < -0.3 is 10.2 Å². The first-order valence-electron chi connectivity index (χ1n) is 5.60. The summed E-state index contributed by atoms with van der Waals surface area (Å²) < 4.78 is 0. The number of aryl methyl sites for hydroxylation is 1. The van der Waals surface area contributed by atoms with Crippen LogP contribution in [-0.4, -0.2) is 35.6 Å². The molecule has 4 heteroatoms. The van der Waals surface area contributed by atoms with Crippen molar-refractivity contribution in [3.63, 3.8) is 0 Å². The molecule has 0 aliphatic carbocycles. The maximum Gasteiger partial charge on any atom is 0.147 e. The minimum absolute atomic E-state index is 0.648.